The zero-order chi connectivity index (χ0) is 21.9. The normalized spacial score (nSPS) is 12.3. The lowest BCUT2D eigenvalue weighted by atomic mass is 10.2. The Balaban J connectivity index is 2.58. The molecule has 0 spiro atoms. The van der Waals surface area contributed by atoms with Crippen LogP contribution in [0.5, 0.6) is 0 Å². The van der Waals surface area contributed by atoms with E-state index in [0.29, 0.717) is 11.3 Å². The first-order valence-electron chi connectivity index (χ1n) is 10.4. The third-order valence-corrected chi connectivity index (χ3v) is 10.4. The zero-order valence-electron chi connectivity index (χ0n) is 19.9. The van der Waals surface area contributed by atoms with Crippen molar-refractivity contribution < 1.29 is 0 Å². The molecule has 0 aromatic heterocycles. The first-order chi connectivity index (χ1) is 13.5. The Labute approximate surface area is 181 Å². The highest BCUT2D eigenvalue weighted by Gasteiger charge is 2.24. The second-order valence-electron chi connectivity index (χ2n) is 8.74. The molecule has 0 amide bonds. The van der Waals surface area contributed by atoms with E-state index < -0.39 is 8.22 Å². The standard InChI is InChI=1S/C24H39N3P2/c1-17(2)28(18(3)4)23-15-19(5)11-13-21(23)25-22-14-12-20(6)16-24(22)29(26(7)8)27(9)10/h11-18,25H,1-10H3. The van der Waals surface area contributed by atoms with Gasteiger partial charge in [0.1, 0.15) is 0 Å². The van der Waals surface area contributed by atoms with Crippen molar-refractivity contribution in [3.63, 3.8) is 0 Å². The van der Waals surface area contributed by atoms with Crippen molar-refractivity contribution in [2.24, 2.45) is 0 Å². The molecule has 2 aromatic rings. The molecule has 1 N–H and O–H groups in total. The number of benzene rings is 2. The van der Waals surface area contributed by atoms with E-state index in [1.807, 2.05) is 0 Å². The second kappa shape index (κ2) is 10.4. The van der Waals surface area contributed by atoms with Crippen LogP contribution in [0.15, 0.2) is 36.4 Å². The van der Waals surface area contributed by atoms with Crippen molar-refractivity contribution in [3.05, 3.63) is 47.5 Å². The topological polar surface area (TPSA) is 18.5 Å². The number of hydrogen-bond donors (Lipinski definition) is 1. The Hall–Kier alpha value is -0.980. The largest absolute Gasteiger partial charge is 0.354 e. The minimum atomic E-state index is -0.554. The van der Waals surface area contributed by atoms with Crippen LogP contribution in [0.3, 0.4) is 0 Å². The fourth-order valence-electron chi connectivity index (χ4n) is 3.96. The van der Waals surface area contributed by atoms with Crippen molar-refractivity contribution in [2.45, 2.75) is 52.9 Å². The summed E-state index contributed by atoms with van der Waals surface area (Å²) < 4.78 is 4.67. The third kappa shape index (κ3) is 6.02. The molecule has 0 unspecified atom stereocenters. The fourth-order valence-corrected chi connectivity index (χ4v) is 9.27. The van der Waals surface area contributed by atoms with Crippen LogP contribution >= 0.6 is 16.1 Å². The van der Waals surface area contributed by atoms with Crippen molar-refractivity contribution in [1.82, 2.24) is 9.34 Å². The van der Waals surface area contributed by atoms with Gasteiger partial charge in [0.05, 0.1) is 8.22 Å². The lowest BCUT2D eigenvalue weighted by Gasteiger charge is -2.33. The van der Waals surface area contributed by atoms with Gasteiger partial charge < -0.3 is 5.32 Å². The van der Waals surface area contributed by atoms with E-state index >= 15 is 0 Å². The van der Waals surface area contributed by atoms with Crippen LogP contribution in [0.2, 0.25) is 0 Å². The third-order valence-electron chi connectivity index (χ3n) is 4.94. The number of aryl methyl sites for hydroxylation is 2. The molecule has 0 aliphatic carbocycles. The molecular formula is C24H39N3P2. The van der Waals surface area contributed by atoms with E-state index in [4.69, 9.17) is 0 Å². The molecule has 160 valence electrons. The highest BCUT2D eigenvalue weighted by molar-refractivity contribution is 7.67. The van der Waals surface area contributed by atoms with Crippen LogP contribution in [-0.2, 0) is 0 Å². The van der Waals surface area contributed by atoms with Crippen LogP contribution in [-0.4, -0.2) is 48.8 Å². The molecule has 5 heteroatoms. The quantitative estimate of drug-likeness (QED) is 0.515. The van der Waals surface area contributed by atoms with Crippen LogP contribution in [0.25, 0.3) is 0 Å². The molecule has 0 radical (unpaired) electrons. The van der Waals surface area contributed by atoms with E-state index in [1.165, 1.54) is 33.1 Å². The van der Waals surface area contributed by atoms with E-state index in [9.17, 15) is 0 Å². The van der Waals surface area contributed by atoms with Crippen molar-refractivity contribution in [1.29, 1.82) is 0 Å². The number of anilines is 2. The average Bonchev–Trinajstić information content (AvgIpc) is 2.58. The maximum absolute atomic E-state index is 3.86. The summed E-state index contributed by atoms with van der Waals surface area (Å²) in [4.78, 5) is 0. The molecule has 0 heterocycles. The van der Waals surface area contributed by atoms with Crippen LogP contribution in [0.1, 0.15) is 38.8 Å². The summed E-state index contributed by atoms with van der Waals surface area (Å²) >= 11 is 0. The Kier molecular flexibility index (Phi) is 8.68. The van der Waals surface area contributed by atoms with Gasteiger partial charge in [-0.3, -0.25) is 9.34 Å². The van der Waals surface area contributed by atoms with Crippen LogP contribution < -0.4 is 15.9 Å². The van der Waals surface area contributed by atoms with Gasteiger partial charge in [0.25, 0.3) is 0 Å². The fraction of sp³-hybridized carbons (Fsp3) is 0.500. The van der Waals surface area contributed by atoms with Gasteiger partial charge in [-0.2, -0.15) is 0 Å². The Morgan fingerprint density at radius 1 is 0.690 bits per heavy atom. The van der Waals surface area contributed by atoms with Gasteiger partial charge in [0.15, 0.2) is 0 Å². The molecule has 0 saturated heterocycles. The summed E-state index contributed by atoms with van der Waals surface area (Å²) in [7, 11) is 7.90. The minimum Gasteiger partial charge on any atom is -0.354 e. The average molecular weight is 432 g/mol. The van der Waals surface area contributed by atoms with Crippen molar-refractivity contribution in [2.75, 3.05) is 33.5 Å². The maximum Gasteiger partial charge on any atom is 0.0735 e. The highest BCUT2D eigenvalue weighted by atomic mass is 31.1. The maximum atomic E-state index is 3.86. The van der Waals surface area contributed by atoms with Crippen molar-refractivity contribution >= 4 is 38.1 Å². The van der Waals surface area contributed by atoms with Gasteiger partial charge in [-0.05, 0) is 77.6 Å². The summed E-state index contributed by atoms with van der Waals surface area (Å²) in [6, 6.07) is 13.7. The zero-order valence-corrected chi connectivity index (χ0v) is 21.7. The lowest BCUT2D eigenvalue weighted by molar-refractivity contribution is 0.584. The SMILES string of the molecule is Cc1ccc(Nc2ccc(C)cc2P(N(C)C)N(C)C)c(P(C(C)C)C(C)C)c1. The molecule has 0 atom stereocenters. The molecule has 0 fully saturated rings. The Bertz CT molecular complexity index is 732. The van der Waals surface area contributed by atoms with E-state index in [1.54, 1.807) is 0 Å². The number of rotatable bonds is 8. The summed E-state index contributed by atoms with van der Waals surface area (Å²) in [5, 5.41) is 6.73. The van der Waals surface area contributed by atoms with Gasteiger partial charge in [-0.25, -0.2) is 0 Å². The van der Waals surface area contributed by atoms with E-state index in [0.717, 1.165) is 0 Å². The predicted octanol–water partition coefficient (Wildman–Crippen LogP) is 6.03. The molecule has 0 saturated carbocycles. The van der Waals surface area contributed by atoms with Gasteiger partial charge in [-0.1, -0.05) is 58.9 Å². The number of nitrogens with one attached hydrogen (secondary N) is 1. The lowest BCUT2D eigenvalue weighted by Crippen LogP contribution is -2.27. The summed E-state index contributed by atoms with van der Waals surface area (Å²) in [6.07, 6.45) is 0. The molecule has 0 aliphatic rings. The molecule has 0 bridgehead atoms. The molecule has 29 heavy (non-hydrogen) atoms. The van der Waals surface area contributed by atoms with Gasteiger partial charge in [0, 0.05) is 22.0 Å². The van der Waals surface area contributed by atoms with E-state index in [-0.39, 0.29) is 7.92 Å². The van der Waals surface area contributed by atoms with Gasteiger partial charge in [-0.15, -0.1) is 0 Å². The summed E-state index contributed by atoms with van der Waals surface area (Å²) in [5.74, 6) is 0. The van der Waals surface area contributed by atoms with Crippen LogP contribution in [0, 0.1) is 13.8 Å². The Morgan fingerprint density at radius 2 is 1.10 bits per heavy atom. The smallest absolute Gasteiger partial charge is 0.0735 e. The van der Waals surface area contributed by atoms with Crippen molar-refractivity contribution in [3.8, 4) is 0 Å². The first-order valence-corrected chi connectivity index (χ1v) is 13.2. The number of hydrogen-bond acceptors (Lipinski definition) is 3. The molecule has 2 rings (SSSR count). The summed E-state index contributed by atoms with van der Waals surface area (Å²) in [5.41, 5.74) is 6.44. The van der Waals surface area contributed by atoms with Crippen LogP contribution in [0.4, 0.5) is 11.4 Å². The minimum absolute atomic E-state index is 0.241. The highest BCUT2D eigenvalue weighted by Crippen LogP contribution is 2.47. The van der Waals surface area contributed by atoms with Gasteiger partial charge in [0.2, 0.25) is 0 Å². The molecule has 3 nitrogen and oxygen atoms in total. The molecular weight excluding hydrogens is 392 g/mol. The summed E-state index contributed by atoms with van der Waals surface area (Å²) in [6.45, 7) is 13.9. The number of nitrogens with zero attached hydrogens (tertiary/aromatic N) is 2. The molecule has 2 aromatic carbocycles. The second-order valence-corrected chi connectivity index (χ2v) is 14.8. The Morgan fingerprint density at radius 3 is 1.52 bits per heavy atom. The monoisotopic (exact) mass is 431 g/mol. The predicted molar refractivity (Wildman–Crippen MR) is 136 cm³/mol. The van der Waals surface area contributed by atoms with E-state index in [2.05, 4.69) is 121 Å². The van der Waals surface area contributed by atoms with Gasteiger partial charge >= 0.3 is 0 Å². The molecule has 0 aliphatic heterocycles. The first kappa shape index (κ1) is 24.3.